The molecule has 1 aromatic rings. The molecule has 0 spiro atoms. The fourth-order valence-electron chi connectivity index (χ4n) is 2.41. The SMILES string of the molecule is CCn1ncc(OC)c1C1(O)CCC(=O)CC1. The van der Waals surface area contributed by atoms with Crippen LogP contribution in [0, 0.1) is 0 Å². The predicted octanol–water partition coefficient (Wildman–Crippen LogP) is 1.24. The van der Waals surface area contributed by atoms with E-state index in [2.05, 4.69) is 5.10 Å². The lowest BCUT2D eigenvalue weighted by Crippen LogP contribution is -2.34. The van der Waals surface area contributed by atoms with Crippen LogP contribution >= 0.6 is 0 Å². The first-order valence-corrected chi connectivity index (χ1v) is 5.95. The van der Waals surface area contributed by atoms with Gasteiger partial charge in [-0.05, 0) is 19.8 Å². The molecule has 17 heavy (non-hydrogen) atoms. The number of ketones is 1. The summed E-state index contributed by atoms with van der Waals surface area (Å²) < 4.78 is 6.99. The van der Waals surface area contributed by atoms with Gasteiger partial charge in [0.1, 0.15) is 17.1 Å². The largest absolute Gasteiger partial charge is 0.493 e. The maximum absolute atomic E-state index is 11.3. The standard InChI is InChI=1S/C12H18N2O3/c1-3-14-11(10(17-2)8-13-14)12(16)6-4-9(15)5-7-12/h8,16H,3-7H2,1-2H3. The molecule has 1 aliphatic carbocycles. The Bertz CT molecular complexity index is 394. The number of aliphatic hydroxyl groups is 1. The zero-order chi connectivity index (χ0) is 12.5. The number of methoxy groups -OCH3 is 1. The highest BCUT2D eigenvalue weighted by Crippen LogP contribution is 2.40. The number of rotatable bonds is 3. The Morgan fingerprint density at radius 1 is 1.53 bits per heavy atom. The lowest BCUT2D eigenvalue weighted by atomic mass is 9.81. The van der Waals surface area contributed by atoms with Crippen LogP contribution in [0.3, 0.4) is 0 Å². The van der Waals surface area contributed by atoms with Crippen molar-refractivity contribution in [2.75, 3.05) is 7.11 Å². The molecule has 1 aliphatic rings. The van der Waals surface area contributed by atoms with Crippen molar-refractivity contribution in [1.29, 1.82) is 0 Å². The van der Waals surface area contributed by atoms with Gasteiger partial charge in [-0.25, -0.2) is 0 Å². The van der Waals surface area contributed by atoms with Gasteiger partial charge in [-0.15, -0.1) is 0 Å². The van der Waals surface area contributed by atoms with Crippen molar-refractivity contribution >= 4 is 5.78 Å². The highest BCUT2D eigenvalue weighted by molar-refractivity contribution is 5.79. The first-order chi connectivity index (χ1) is 8.10. The molecule has 0 saturated heterocycles. The summed E-state index contributed by atoms with van der Waals surface area (Å²) in [7, 11) is 1.57. The van der Waals surface area contributed by atoms with Crippen molar-refractivity contribution in [3.05, 3.63) is 11.9 Å². The minimum absolute atomic E-state index is 0.219. The summed E-state index contributed by atoms with van der Waals surface area (Å²) in [4.78, 5) is 11.3. The minimum Gasteiger partial charge on any atom is -0.493 e. The number of aryl methyl sites for hydroxylation is 1. The van der Waals surface area contributed by atoms with Gasteiger partial charge in [-0.1, -0.05) is 0 Å². The highest BCUT2D eigenvalue weighted by Gasteiger charge is 2.39. The smallest absolute Gasteiger partial charge is 0.162 e. The molecule has 0 unspecified atom stereocenters. The quantitative estimate of drug-likeness (QED) is 0.860. The number of ether oxygens (including phenoxy) is 1. The number of hydrogen-bond donors (Lipinski definition) is 1. The van der Waals surface area contributed by atoms with E-state index < -0.39 is 5.60 Å². The molecule has 1 fully saturated rings. The van der Waals surface area contributed by atoms with E-state index in [1.54, 1.807) is 18.0 Å². The minimum atomic E-state index is -0.980. The second-order valence-corrected chi connectivity index (χ2v) is 4.45. The van der Waals surface area contributed by atoms with E-state index in [4.69, 9.17) is 4.74 Å². The van der Waals surface area contributed by atoms with Crippen LogP contribution in [0.5, 0.6) is 5.75 Å². The molecule has 2 rings (SSSR count). The molecular weight excluding hydrogens is 220 g/mol. The van der Waals surface area contributed by atoms with E-state index in [-0.39, 0.29) is 5.78 Å². The molecule has 1 aromatic heterocycles. The topological polar surface area (TPSA) is 64.3 Å². The van der Waals surface area contributed by atoms with Crippen LogP contribution in [0.4, 0.5) is 0 Å². The summed E-state index contributed by atoms with van der Waals surface area (Å²) in [6.45, 7) is 2.64. The van der Waals surface area contributed by atoms with Gasteiger partial charge < -0.3 is 9.84 Å². The molecular formula is C12H18N2O3. The summed E-state index contributed by atoms with van der Waals surface area (Å²) in [5.74, 6) is 0.819. The third kappa shape index (κ3) is 2.07. The Morgan fingerprint density at radius 3 is 2.71 bits per heavy atom. The molecule has 0 aromatic carbocycles. The van der Waals surface area contributed by atoms with E-state index in [0.29, 0.717) is 43.7 Å². The van der Waals surface area contributed by atoms with Gasteiger partial charge in [0.15, 0.2) is 5.75 Å². The molecule has 5 nitrogen and oxygen atoms in total. The van der Waals surface area contributed by atoms with Crippen molar-refractivity contribution in [1.82, 2.24) is 9.78 Å². The molecule has 0 radical (unpaired) electrons. The second kappa shape index (κ2) is 4.49. The van der Waals surface area contributed by atoms with Crippen LogP contribution in [0.2, 0.25) is 0 Å². The van der Waals surface area contributed by atoms with Gasteiger partial charge in [0.25, 0.3) is 0 Å². The molecule has 1 N–H and O–H groups in total. The van der Waals surface area contributed by atoms with E-state index in [1.807, 2.05) is 6.92 Å². The maximum Gasteiger partial charge on any atom is 0.162 e. The lowest BCUT2D eigenvalue weighted by Gasteiger charge is -2.32. The fraction of sp³-hybridized carbons (Fsp3) is 0.667. The summed E-state index contributed by atoms with van der Waals surface area (Å²) in [5.41, 5.74) is -0.277. The molecule has 0 bridgehead atoms. The van der Waals surface area contributed by atoms with E-state index >= 15 is 0 Å². The summed E-state index contributed by atoms with van der Waals surface area (Å²) >= 11 is 0. The molecule has 0 atom stereocenters. The summed E-state index contributed by atoms with van der Waals surface area (Å²) in [5, 5.41) is 14.9. The van der Waals surface area contributed by atoms with Crippen molar-refractivity contribution in [2.45, 2.75) is 44.8 Å². The van der Waals surface area contributed by atoms with Gasteiger partial charge in [-0.2, -0.15) is 5.10 Å². The van der Waals surface area contributed by atoms with Crippen molar-refractivity contribution in [2.24, 2.45) is 0 Å². The van der Waals surface area contributed by atoms with E-state index in [9.17, 15) is 9.90 Å². The predicted molar refractivity (Wildman–Crippen MR) is 61.8 cm³/mol. The first-order valence-electron chi connectivity index (χ1n) is 5.95. The van der Waals surface area contributed by atoms with Gasteiger partial charge in [0.2, 0.25) is 0 Å². The normalized spacial score (nSPS) is 19.4. The molecule has 94 valence electrons. The number of carbonyl (C=O) groups excluding carboxylic acids is 1. The molecule has 0 aliphatic heterocycles. The number of nitrogens with zero attached hydrogens (tertiary/aromatic N) is 2. The van der Waals surface area contributed by atoms with Gasteiger partial charge in [0.05, 0.1) is 13.3 Å². The first kappa shape index (κ1) is 12.1. The Balaban J connectivity index is 2.37. The fourth-order valence-corrected chi connectivity index (χ4v) is 2.41. The lowest BCUT2D eigenvalue weighted by molar-refractivity contribution is -0.126. The second-order valence-electron chi connectivity index (χ2n) is 4.45. The van der Waals surface area contributed by atoms with Crippen LogP contribution in [-0.2, 0) is 16.9 Å². The van der Waals surface area contributed by atoms with Crippen LogP contribution in [0.25, 0.3) is 0 Å². The van der Waals surface area contributed by atoms with Crippen molar-refractivity contribution in [3.63, 3.8) is 0 Å². The Hall–Kier alpha value is -1.36. The molecule has 1 saturated carbocycles. The number of aromatic nitrogens is 2. The van der Waals surface area contributed by atoms with Gasteiger partial charge in [-0.3, -0.25) is 9.48 Å². The third-order valence-corrected chi connectivity index (χ3v) is 3.40. The van der Waals surface area contributed by atoms with Gasteiger partial charge >= 0.3 is 0 Å². The third-order valence-electron chi connectivity index (χ3n) is 3.40. The van der Waals surface area contributed by atoms with Gasteiger partial charge in [0, 0.05) is 19.4 Å². The molecule has 5 heteroatoms. The van der Waals surface area contributed by atoms with Crippen LogP contribution < -0.4 is 4.74 Å². The zero-order valence-electron chi connectivity index (χ0n) is 10.3. The van der Waals surface area contributed by atoms with E-state index in [0.717, 1.165) is 0 Å². The van der Waals surface area contributed by atoms with Crippen molar-refractivity contribution in [3.8, 4) is 5.75 Å². The summed E-state index contributed by atoms with van der Waals surface area (Å²) in [6, 6.07) is 0. The number of carbonyl (C=O) groups is 1. The van der Waals surface area contributed by atoms with Crippen molar-refractivity contribution < 1.29 is 14.6 Å². The van der Waals surface area contributed by atoms with Crippen LogP contribution in [0.1, 0.15) is 38.3 Å². The van der Waals surface area contributed by atoms with Crippen LogP contribution in [-0.4, -0.2) is 27.8 Å². The highest BCUT2D eigenvalue weighted by atomic mass is 16.5. The average Bonchev–Trinajstić information content (AvgIpc) is 2.77. The van der Waals surface area contributed by atoms with E-state index in [1.165, 1.54) is 0 Å². The molecule has 0 amide bonds. The Morgan fingerprint density at radius 2 is 2.18 bits per heavy atom. The Labute approximate surface area is 100 Å². The average molecular weight is 238 g/mol. The zero-order valence-corrected chi connectivity index (χ0v) is 10.3. The molecule has 1 heterocycles. The number of hydrogen-bond acceptors (Lipinski definition) is 4. The Kier molecular flexibility index (Phi) is 3.19. The number of Topliss-reactive ketones (excluding diaryl/α,β-unsaturated/α-hetero) is 1. The monoisotopic (exact) mass is 238 g/mol. The maximum atomic E-state index is 11.3. The van der Waals surface area contributed by atoms with Crippen LogP contribution in [0.15, 0.2) is 6.20 Å². The summed E-state index contributed by atoms with van der Waals surface area (Å²) in [6.07, 6.45) is 3.37.